The first-order valence-electron chi connectivity index (χ1n) is 9.72. The molecule has 0 saturated heterocycles. The number of nitrogens with zero attached hydrogens (tertiary/aromatic N) is 2. The zero-order valence-corrected chi connectivity index (χ0v) is 16.6. The van der Waals surface area contributed by atoms with E-state index in [0.29, 0.717) is 18.7 Å². The van der Waals surface area contributed by atoms with Crippen LogP contribution in [0.3, 0.4) is 0 Å². The van der Waals surface area contributed by atoms with Crippen molar-refractivity contribution in [3.8, 4) is 0 Å². The van der Waals surface area contributed by atoms with Gasteiger partial charge in [-0.15, -0.1) is 0 Å². The molecule has 0 spiro atoms. The van der Waals surface area contributed by atoms with E-state index in [1.807, 2.05) is 49.1 Å². The van der Waals surface area contributed by atoms with Crippen LogP contribution in [0.15, 0.2) is 60.8 Å². The van der Waals surface area contributed by atoms with Crippen LogP contribution in [0.2, 0.25) is 0 Å². The lowest BCUT2D eigenvalue weighted by molar-refractivity contribution is 0.0734. The zero-order chi connectivity index (χ0) is 20.4. The maximum absolute atomic E-state index is 13.0. The van der Waals surface area contributed by atoms with Crippen molar-refractivity contribution in [3.63, 3.8) is 0 Å². The summed E-state index contributed by atoms with van der Waals surface area (Å²) in [4.78, 5) is 31.8. The van der Waals surface area contributed by atoms with E-state index in [1.54, 1.807) is 12.1 Å². The summed E-state index contributed by atoms with van der Waals surface area (Å²) in [6, 6.07) is 17.3. The van der Waals surface area contributed by atoms with Crippen LogP contribution in [0.1, 0.15) is 43.1 Å². The zero-order valence-electron chi connectivity index (χ0n) is 16.6. The number of hydrogen-bond donors (Lipinski definition) is 1. The van der Waals surface area contributed by atoms with Gasteiger partial charge >= 0.3 is 0 Å². The van der Waals surface area contributed by atoms with Gasteiger partial charge in [0.05, 0.1) is 0 Å². The van der Waals surface area contributed by atoms with Gasteiger partial charge in [0, 0.05) is 30.5 Å². The molecular formula is C24H23N3O2. The third-order valence-electron chi connectivity index (χ3n) is 5.38. The molecule has 0 unspecified atom stereocenters. The molecule has 29 heavy (non-hydrogen) atoms. The Labute approximate surface area is 170 Å². The highest BCUT2D eigenvalue weighted by atomic mass is 16.2. The first kappa shape index (κ1) is 18.9. The number of pyridine rings is 1. The molecule has 0 saturated carbocycles. The van der Waals surface area contributed by atoms with Crippen molar-refractivity contribution >= 4 is 17.5 Å². The minimum atomic E-state index is -0.318. The van der Waals surface area contributed by atoms with E-state index in [4.69, 9.17) is 0 Å². The molecule has 1 N–H and O–H groups in total. The van der Waals surface area contributed by atoms with Gasteiger partial charge in [-0.2, -0.15) is 0 Å². The smallest absolute Gasteiger partial charge is 0.274 e. The summed E-state index contributed by atoms with van der Waals surface area (Å²) in [7, 11) is 0. The molecule has 5 heteroatoms. The van der Waals surface area contributed by atoms with E-state index in [-0.39, 0.29) is 17.5 Å². The maximum Gasteiger partial charge on any atom is 0.274 e. The molecule has 2 amide bonds. The Kier molecular flexibility index (Phi) is 5.12. The lowest BCUT2D eigenvalue weighted by Crippen LogP contribution is -2.36. The number of para-hydroxylation sites is 1. The fourth-order valence-electron chi connectivity index (χ4n) is 3.73. The predicted octanol–water partition coefficient (Wildman–Crippen LogP) is 4.15. The monoisotopic (exact) mass is 385 g/mol. The SMILES string of the molecule is Cc1cccc(C)c1NC(=O)c1cc(C(=O)N2CCc3ccccc3C2)ccn1. The van der Waals surface area contributed by atoms with Gasteiger partial charge < -0.3 is 10.2 Å². The number of hydrogen-bond acceptors (Lipinski definition) is 3. The van der Waals surface area contributed by atoms with E-state index < -0.39 is 0 Å². The number of carbonyl (C=O) groups is 2. The first-order chi connectivity index (χ1) is 14.0. The Morgan fingerprint density at radius 2 is 1.69 bits per heavy atom. The molecule has 0 fully saturated rings. The van der Waals surface area contributed by atoms with Crippen LogP contribution >= 0.6 is 0 Å². The number of nitrogens with one attached hydrogen (secondary N) is 1. The number of aromatic nitrogens is 1. The third kappa shape index (κ3) is 3.90. The maximum atomic E-state index is 13.0. The lowest BCUT2D eigenvalue weighted by Gasteiger charge is -2.29. The van der Waals surface area contributed by atoms with Crippen LogP contribution in [0.5, 0.6) is 0 Å². The molecule has 4 rings (SSSR count). The molecule has 0 atom stereocenters. The van der Waals surface area contributed by atoms with E-state index in [2.05, 4.69) is 22.4 Å². The quantitative estimate of drug-likeness (QED) is 0.737. The van der Waals surface area contributed by atoms with Gasteiger partial charge in [-0.25, -0.2) is 0 Å². The van der Waals surface area contributed by atoms with Crippen LogP contribution in [-0.4, -0.2) is 28.2 Å². The van der Waals surface area contributed by atoms with Gasteiger partial charge in [0.15, 0.2) is 0 Å². The summed E-state index contributed by atoms with van der Waals surface area (Å²) in [5.74, 6) is -0.399. The van der Waals surface area contributed by atoms with Crippen LogP contribution < -0.4 is 5.32 Å². The molecule has 2 aromatic carbocycles. The Bertz CT molecular complexity index is 1070. The van der Waals surface area contributed by atoms with E-state index in [0.717, 1.165) is 23.2 Å². The average Bonchev–Trinajstić information content (AvgIpc) is 2.75. The number of aryl methyl sites for hydroxylation is 2. The van der Waals surface area contributed by atoms with Crippen molar-refractivity contribution in [1.82, 2.24) is 9.88 Å². The minimum Gasteiger partial charge on any atom is -0.334 e. The van der Waals surface area contributed by atoms with E-state index in [1.165, 1.54) is 17.3 Å². The first-order valence-corrected chi connectivity index (χ1v) is 9.72. The molecule has 2 heterocycles. The molecule has 1 aliphatic rings. The van der Waals surface area contributed by atoms with Crippen LogP contribution in [0.25, 0.3) is 0 Å². The predicted molar refractivity (Wildman–Crippen MR) is 113 cm³/mol. The average molecular weight is 385 g/mol. The summed E-state index contributed by atoms with van der Waals surface area (Å²) < 4.78 is 0. The van der Waals surface area contributed by atoms with Crippen molar-refractivity contribution in [1.29, 1.82) is 0 Å². The summed E-state index contributed by atoms with van der Waals surface area (Å²) in [6.07, 6.45) is 2.36. The van der Waals surface area contributed by atoms with Gasteiger partial charge in [0.1, 0.15) is 5.69 Å². The normalized spacial score (nSPS) is 13.0. The number of carbonyl (C=O) groups excluding carboxylic acids is 2. The fourth-order valence-corrected chi connectivity index (χ4v) is 3.73. The van der Waals surface area contributed by atoms with Crippen LogP contribution in [0.4, 0.5) is 5.69 Å². The number of benzene rings is 2. The standard InChI is InChI=1S/C24H23N3O2/c1-16-6-5-7-17(2)22(16)26-23(28)21-14-19(10-12-25-21)24(29)27-13-11-18-8-3-4-9-20(18)15-27/h3-10,12,14H,11,13,15H2,1-2H3,(H,26,28). The summed E-state index contributed by atoms with van der Waals surface area (Å²) in [6.45, 7) is 5.15. The number of rotatable bonds is 3. The van der Waals surface area contributed by atoms with Gasteiger partial charge in [-0.1, -0.05) is 42.5 Å². The molecule has 1 aliphatic heterocycles. The highest BCUT2D eigenvalue weighted by molar-refractivity contribution is 6.05. The summed E-state index contributed by atoms with van der Waals surface area (Å²) in [5, 5.41) is 2.93. The van der Waals surface area contributed by atoms with Crippen molar-refractivity contribution in [2.45, 2.75) is 26.8 Å². The Hall–Kier alpha value is -3.47. The Morgan fingerprint density at radius 3 is 2.45 bits per heavy atom. The van der Waals surface area contributed by atoms with Crippen LogP contribution in [-0.2, 0) is 13.0 Å². The van der Waals surface area contributed by atoms with Gasteiger partial charge in [-0.05, 0) is 54.7 Å². The summed E-state index contributed by atoms with van der Waals surface area (Å²) >= 11 is 0. The van der Waals surface area contributed by atoms with Crippen molar-refractivity contribution in [2.24, 2.45) is 0 Å². The van der Waals surface area contributed by atoms with Crippen molar-refractivity contribution < 1.29 is 9.59 Å². The number of anilines is 1. The second-order valence-electron chi connectivity index (χ2n) is 7.40. The van der Waals surface area contributed by atoms with Gasteiger partial charge in [0.2, 0.25) is 0 Å². The second-order valence-corrected chi connectivity index (χ2v) is 7.40. The van der Waals surface area contributed by atoms with Gasteiger partial charge in [-0.3, -0.25) is 14.6 Å². The molecule has 1 aromatic heterocycles. The highest BCUT2D eigenvalue weighted by Gasteiger charge is 2.22. The van der Waals surface area contributed by atoms with Crippen LogP contribution in [0, 0.1) is 13.8 Å². The molecule has 0 radical (unpaired) electrons. The second kappa shape index (κ2) is 7.87. The molecule has 0 bridgehead atoms. The highest BCUT2D eigenvalue weighted by Crippen LogP contribution is 2.22. The molecule has 0 aliphatic carbocycles. The molecule has 3 aromatic rings. The Morgan fingerprint density at radius 1 is 0.966 bits per heavy atom. The van der Waals surface area contributed by atoms with E-state index in [9.17, 15) is 9.59 Å². The molecule has 146 valence electrons. The number of amides is 2. The molecule has 5 nitrogen and oxygen atoms in total. The van der Waals surface area contributed by atoms with Gasteiger partial charge in [0.25, 0.3) is 11.8 Å². The van der Waals surface area contributed by atoms with E-state index >= 15 is 0 Å². The lowest BCUT2D eigenvalue weighted by atomic mass is 9.99. The number of fused-ring (bicyclic) bond motifs is 1. The largest absolute Gasteiger partial charge is 0.334 e. The topological polar surface area (TPSA) is 62.3 Å². The Balaban J connectivity index is 1.53. The minimum absolute atomic E-state index is 0.0805. The van der Waals surface area contributed by atoms with Crippen molar-refractivity contribution in [3.05, 3.63) is 94.3 Å². The van der Waals surface area contributed by atoms with Crippen molar-refractivity contribution in [2.75, 3.05) is 11.9 Å². The fraction of sp³-hybridized carbons (Fsp3) is 0.208. The molecular weight excluding hydrogens is 362 g/mol. The third-order valence-corrected chi connectivity index (χ3v) is 5.38. The summed E-state index contributed by atoms with van der Waals surface area (Å²) in [5.41, 5.74) is 5.93.